The van der Waals surface area contributed by atoms with Crippen molar-refractivity contribution < 1.29 is 17.9 Å². The highest BCUT2D eigenvalue weighted by Crippen LogP contribution is 2.36. The van der Waals surface area contributed by atoms with Gasteiger partial charge in [-0.15, -0.1) is 11.3 Å². The molecular weight excluding hydrogens is 420 g/mol. The Hall–Kier alpha value is -0.670. The highest BCUT2D eigenvalue weighted by Gasteiger charge is 2.40. The summed E-state index contributed by atoms with van der Waals surface area (Å²) in [6.07, 6.45) is 6.47. The lowest BCUT2D eigenvalue weighted by Crippen LogP contribution is -2.51. The lowest BCUT2D eigenvalue weighted by molar-refractivity contribution is -0.147. The Morgan fingerprint density at radius 1 is 1.11 bits per heavy atom. The van der Waals surface area contributed by atoms with Crippen molar-refractivity contribution in [1.29, 1.82) is 0 Å². The van der Waals surface area contributed by atoms with Gasteiger partial charge in [-0.05, 0) is 57.1 Å². The number of rotatable bonds is 3. The van der Waals surface area contributed by atoms with Gasteiger partial charge >= 0.3 is 0 Å². The predicted molar refractivity (Wildman–Crippen MR) is 109 cm³/mol. The van der Waals surface area contributed by atoms with Crippen molar-refractivity contribution >= 4 is 38.9 Å². The van der Waals surface area contributed by atoms with Crippen molar-refractivity contribution in [2.24, 2.45) is 5.92 Å². The fourth-order valence-electron chi connectivity index (χ4n) is 4.60. The SMILES string of the molecule is O=C(C1CCN(S(=O)(=O)c2ccc(Cl)s2)CC1)N1CCC2(CCCCO2)CC1. The average molecular weight is 447 g/mol. The third-order valence-electron chi connectivity index (χ3n) is 6.37. The Kier molecular flexibility index (Phi) is 6.05. The first kappa shape index (κ1) is 20.6. The molecule has 3 saturated heterocycles. The Bertz CT molecular complexity index is 802. The molecule has 1 spiro atoms. The molecule has 1 amide bonds. The Balaban J connectivity index is 1.31. The number of thiophene rings is 1. The molecule has 3 fully saturated rings. The van der Waals surface area contributed by atoms with Crippen LogP contribution in [-0.2, 0) is 19.6 Å². The summed E-state index contributed by atoms with van der Waals surface area (Å²) in [6.45, 7) is 3.12. The maximum Gasteiger partial charge on any atom is 0.252 e. The van der Waals surface area contributed by atoms with Crippen LogP contribution in [0.25, 0.3) is 0 Å². The second-order valence-electron chi connectivity index (χ2n) is 8.05. The fourth-order valence-corrected chi connectivity index (χ4v) is 7.71. The summed E-state index contributed by atoms with van der Waals surface area (Å²) >= 11 is 6.96. The molecule has 1 aromatic rings. The number of piperidine rings is 2. The standard InChI is InChI=1S/C19H27ClN2O4S2/c20-16-3-4-17(27-16)28(24,25)22-10-5-15(6-11-22)18(23)21-12-8-19(9-13-21)7-1-2-14-26-19/h3-4,15H,1-2,5-14H2. The molecule has 3 aliphatic rings. The van der Waals surface area contributed by atoms with E-state index in [0.29, 0.717) is 30.3 Å². The minimum Gasteiger partial charge on any atom is -0.375 e. The zero-order valence-corrected chi connectivity index (χ0v) is 18.3. The largest absolute Gasteiger partial charge is 0.375 e. The molecule has 0 atom stereocenters. The predicted octanol–water partition coefficient (Wildman–Crippen LogP) is 3.36. The zero-order valence-electron chi connectivity index (χ0n) is 15.9. The summed E-state index contributed by atoms with van der Waals surface area (Å²) in [7, 11) is -3.51. The molecule has 0 N–H and O–H groups in total. The first-order chi connectivity index (χ1) is 13.4. The summed E-state index contributed by atoms with van der Waals surface area (Å²) in [5, 5.41) is 0. The van der Waals surface area contributed by atoms with Crippen LogP contribution in [0.4, 0.5) is 0 Å². The molecule has 4 heterocycles. The highest BCUT2D eigenvalue weighted by atomic mass is 35.5. The van der Waals surface area contributed by atoms with Crippen LogP contribution >= 0.6 is 22.9 Å². The van der Waals surface area contributed by atoms with Crippen molar-refractivity contribution in [3.8, 4) is 0 Å². The van der Waals surface area contributed by atoms with Gasteiger partial charge in [-0.25, -0.2) is 8.42 Å². The van der Waals surface area contributed by atoms with Gasteiger partial charge in [-0.1, -0.05) is 11.6 Å². The van der Waals surface area contributed by atoms with Gasteiger partial charge < -0.3 is 9.64 Å². The third kappa shape index (κ3) is 4.12. The molecule has 0 unspecified atom stereocenters. The van der Waals surface area contributed by atoms with Crippen molar-refractivity contribution in [2.75, 3.05) is 32.8 Å². The van der Waals surface area contributed by atoms with E-state index in [0.717, 1.165) is 56.7 Å². The van der Waals surface area contributed by atoms with E-state index < -0.39 is 10.0 Å². The summed E-state index contributed by atoms with van der Waals surface area (Å²) in [4.78, 5) is 14.9. The molecule has 0 radical (unpaired) electrons. The summed E-state index contributed by atoms with van der Waals surface area (Å²) in [6, 6.07) is 3.16. The minimum atomic E-state index is -3.51. The molecule has 0 bridgehead atoms. The van der Waals surface area contributed by atoms with Crippen LogP contribution in [0, 0.1) is 5.92 Å². The molecule has 0 aliphatic carbocycles. The quantitative estimate of drug-likeness (QED) is 0.713. The molecule has 9 heteroatoms. The van der Waals surface area contributed by atoms with E-state index in [1.54, 1.807) is 12.1 Å². The smallest absolute Gasteiger partial charge is 0.252 e. The lowest BCUT2D eigenvalue weighted by Gasteiger charge is -2.45. The van der Waals surface area contributed by atoms with E-state index in [9.17, 15) is 13.2 Å². The van der Waals surface area contributed by atoms with Gasteiger partial charge in [0, 0.05) is 38.7 Å². The second kappa shape index (κ2) is 8.22. The number of likely N-dealkylation sites (tertiary alicyclic amines) is 1. The number of halogens is 1. The molecular formula is C19H27ClN2O4S2. The molecule has 3 aliphatic heterocycles. The minimum absolute atomic E-state index is 0.00550. The van der Waals surface area contributed by atoms with Crippen molar-refractivity contribution in [2.45, 2.75) is 54.8 Å². The molecule has 0 saturated carbocycles. The normalized spacial score (nSPS) is 24.5. The molecule has 6 nitrogen and oxygen atoms in total. The molecule has 156 valence electrons. The average Bonchev–Trinajstić information content (AvgIpc) is 3.16. The molecule has 1 aromatic heterocycles. The van der Waals surface area contributed by atoms with Crippen molar-refractivity contribution in [3.63, 3.8) is 0 Å². The number of hydrogen-bond acceptors (Lipinski definition) is 5. The maximum absolute atomic E-state index is 13.0. The van der Waals surface area contributed by atoms with Gasteiger partial charge in [-0.3, -0.25) is 4.79 Å². The van der Waals surface area contributed by atoms with Crippen molar-refractivity contribution in [3.05, 3.63) is 16.5 Å². The van der Waals surface area contributed by atoms with E-state index in [2.05, 4.69) is 0 Å². The number of amides is 1. The number of carbonyl (C=O) groups is 1. The van der Waals surface area contributed by atoms with E-state index in [1.165, 1.54) is 10.7 Å². The molecule has 4 rings (SSSR count). The Morgan fingerprint density at radius 2 is 1.82 bits per heavy atom. The van der Waals surface area contributed by atoms with Crippen LogP contribution in [0.3, 0.4) is 0 Å². The van der Waals surface area contributed by atoms with Crippen LogP contribution in [0.2, 0.25) is 4.34 Å². The summed E-state index contributed by atoms with van der Waals surface area (Å²) in [5.41, 5.74) is -0.00550. The summed E-state index contributed by atoms with van der Waals surface area (Å²) in [5.74, 6) is 0.0987. The van der Waals surface area contributed by atoms with E-state index in [4.69, 9.17) is 16.3 Å². The lowest BCUT2D eigenvalue weighted by atomic mass is 9.84. The van der Waals surface area contributed by atoms with E-state index in [1.807, 2.05) is 4.90 Å². The number of ether oxygens (including phenoxy) is 1. The van der Waals surface area contributed by atoms with Crippen LogP contribution < -0.4 is 0 Å². The van der Waals surface area contributed by atoms with Gasteiger partial charge in [0.2, 0.25) is 5.91 Å². The number of nitrogens with zero attached hydrogens (tertiary/aromatic N) is 2. The van der Waals surface area contributed by atoms with Gasteiger partial charge in [0.1, 0.15) is 4.21 Å². The monoisotopic (exact) mass is 446 g/mol. The number of carbonyl (C=O) groups excluding carboxylic acids is 1. The van der Waals surface area contributed by atoms with Gasteiger partial charge in [0.05, 0.1) is 9.94 Å². The zero-order chi connectivity index (χ0) is 19.8. The maximum atomic E-state index is 13.0. The van der Waals surface area contributed by atoms with E-state index >= 15 is 0 Å². The number of hydrogen-bond donors (Lipinski definition) is 0. The fraction of sp³-hybridized carbons (Fsp3) is 0.737. The van der Waals surface area contributed by atoms with Crippen LogP contribution in [0.1, 0.15) is 44.9 Å². The van der Waals surface area contributed by atoms with Crippen LogP contribution in [0.15, 0.2) is 16.3 Å². The van der Waals surface area contributed by atoms with Gasteiger partial charge in [-0.2, -0.15) is 4.31 Å². The van der Waals surface area contributed by atoms with Gasteiger partial charge in [0.25, 0.3) is 10.0 Å². The number of sulfonamides is 1. The Labute approximate surface area is 175 Å². The van der Waals surface area contributed by atoms with Crippen LogP contribution in [0.5, 0.6) is 0 Å². The Morgan fingerprint density at radius 3 is 2.39 bits per heavy atom. The summed E-state index contributed by atoms with van der Waals surface area (Å²) < 4.78 is 33.7. The molecule has 28 heavy (non-hydrogen) atoms. The van der Waals surface area contributed by atoms with Crippen molar-refractivity contribution in [1.82, 2.24) is 9.21 Å². The van der Waals surface area contributed by atoms with E-state index in [-0.39, 0.29) is 21.6 Å². The molecule has 0 aromatic carbocycles. The van der Waals surface area contributed by atoms with Crippen LogP contribution in [-0.4, -0.2) is 61.9 Å². The third-order valence-corrected chi connectivity index (χ3v) is 9.96. The second-order valence-corrected chi connectivity index (χ2v) is 11.9. The first-order valence-electron chi connectivity index (χ1n) is 10.1. The highest BCUT2D eigenvalue weighted by molar-refractivity contribution is 7.91. The first-order valence-corrected chi connectivity index (χ1v) is 12.7. The van der Waals surface area contributed by atoms with Gasteiger partial charge in [0.15, 0.2) is 0 Å². The topological polar surface area (TPSA) is 66.9 Å².